The highest BCUT2D eigenvalue weighted by Gasteiger charge is 2.19. The standard InChI is InChI=1S/C46H76N2O5/c1-4-7-10-13-16-19-22-25-28-37-51-43-36-35-42(48-47-41-33-31-40(32-34-41)46(49)50)44(52-38-29-26-23-20-17-14-11-8-5-2)45(43)53-39-30-27-24-21-18-15-12-9-6-3/h31-36H,4-30,37-39H2,1-3H3,(H,49,50). The number of hydrogen-bond acceptors (Lipinski definition) is 6. The smallest absolute Gasteiger partial charge is 0.335 e. The molecule has 0 amide bonds. The van der Waals surface area contributed by atoms with Gasteiger partial charge in [0.05, 0.1) is 31.1 Å². The number of azo groups is 1. The van der Waals surface area contributed by atoms with E-state index in [1.807, 2.05) is 12.1 Å². The van der Waals surface area contributed by atoms with E-state index in [1.165, 1.54) is 135 Å². The molecule has 2 rings (SSSR count). The zero-order chi connectivity index (χ0) is 38.0. The molecule has 0 saturated carbocycles. The quantitative estimate of drug-likeness (QED) is 0.0556. The van der Waals surface area contributed by atoms with Gasteiger partial charge in [0.2, 0.25) is 5.75 Å². The molecule has 7 heteroatoms. The first-order valence-electron chi connectivity index (χ1n) is 21.9. The summed E-state index contributed by atoms with van der Waals surface area (Å²) in [6.45, 7) is 8.60. The van der Waals surface area contributed by atoms with Crippen LogP contribution in [0.4, 0.5) is 11.4 Å². The van der Waals surface area contributed by atoms with Gasteiger partial charge in [0.1, 0.15) is 5.69 Å². The number of benzene rings is 2. The summed E-state index contributed by atoms with van der Waals surface area (Å²) in [4.78, 5) is 11.3. The highest BCUT2D eigenvalue weighted by molar-refractivity contribution is 5.87. The van der Waals surface area contributed by atoms with Crippen molar-refractivity contribution in [1.29, 1.82) is 0 Å². The Kier molecular flexibility index (Phi) is 28.1. The second kappa shape index (κ2) is 32.3. The maximum absolute atomic E-state index is 11.3. The van der Waals surface area contributed by atoms with Gasteiger partial charge in [-0.15, -0.1) is 5.11 Å². The minimum absolute atomic E-state index is 0.217. The number of aromatic carboxylic acids is 1. The average molecular weight is 737 g/mol. The largest absolute Gasteiger partial charge is 0.490 e. The maximum Gasteiger partial charge on any atom is 0.335 e. The summed E-state index contributed by atoms with van der Waals surface area (Å²) in [7, 11) is 0. The fourth-order valence-electron chi connectivity index (χ4n) is 6.55. The van der Waals surface area contributed by atoms with Crippen LogP contribution in [0.25, 0.3) is 0 Å². The van der Waals surface area contributed by atoms with Gasteiger partial charge in [-0.2, -0.15) is 5.11 Å². The molecule has 53 heavy (non-hydrogen) atoms. The lowest BCUT2D eigenvalue weighted by Crippen LogP contribution is -2.06. The molecule has 0 aliphatic rings. The Bertz CT molecular complexity index is 1200. The van der Waals surface area contributed by atoms with E-state index < -0.39 is 5.97 Å². The highest BCUT2D eigenvalue weighted by atomic mass is 16.5. The molecular weight excluding hydrogens is 661 g/mol. The Morgan fingerprint density at radius 1 is 0.453 bits per heavy atom. The van der Waals surface area contributed by atoms with Crippen LogP contribution < -0.4 is 14.2 Å². The monoisotopic (exact) mass is 737 g/mol. The molecule has 0 aliphatic carbocycles. The molecule has 0 atom stereocenters. The van der Waals surface area contributed by atoms with Gasteiger partial charge in [0.15, 0.2) is 11.5 Å². The summed E-state index contributed by atoms with van der Waals surface area (Å²) in [6.07, 6.45) is 33.9. The number of ether oxygens (including phenoxy) is 3. The first-order chi connectivity index (χ1) is 26.1. The van der Waals surface area contributed by atoms with Crippen molar-refractivity contribution < 1.29 is 24.1 Å². The zero-order valence-electron chi connectivity index (χ0n) is 34.2. The van der Waals surface area contributed by atoms with Gasteiger partial charge in [-0.1, -0.05) is 175 Å². The summed E-state index contributed by atoms with van der Waals surface area (Å²) in [5.74, 6) is 0.935. The third-order valence-electron chi connectivity index (χ3n) is 9.94. The molecule has 300 valence electrons. The first-order valence-corrected chi connectivity index (χ1v) is 21.9. The summed E-state index contributed by atoms with van der Waals surface area (Å²) in [5.41, 5.74) is 1.37. The van der Waals surface area contributed by atoms with E-state index in [0.717, 1.165) is 38.5 Å². The van der Waals surface area contributed by atoms with Gasteiger partial charge in [-0.05, 0) is 55.7 Å². The predicted octanol–water partition coefficient (Wildman–Crippen LogP) is 15.5. The number of carboxylic acid groups (broad SMARTS) is 1. The molecule has 0 saturated heterocycles. The minimum Gasteiger partial charge on any atom is -0.490 e. The number of carboxylic acids is 1. The molecule has 0 spiro atoms. The van der Waals surface area contributed by atoms with Crippen LogP contribution in [0.2, 0.25) is 0 Å². The third-order valence-corrected chi connectivity index (χ3v) is 9.94. The Morgan fingerprint density at radius 2 is 0.830 bits per heavy atom. The van der Waals surface area contributed by atoms with E-state index in [0.29, 0.717) is 48.4 Å². The second-order valence-corrected chi connectivity index (χ2v) is 14.8. The summed E-state index contributed by atoms with van der Waals surface area (Å²) in [6, 6.07) is 10.3. The molecule has 0 unspecified atom stereocenters. The van der Waals surface area contributed by atoms with Crippen LogP contribution in [0.15, 0.2) is 46.6 Å². The van der Waals surface area contributed by atoms with E-state index in [4.69, 9.17) is 14.2 Å². The van der Waals surface area contributed by atoms with Gasteiger partial charge in [0, 0.05) is 0 Å². The summed E-state index contributed by atoms with van der Waals surface area (Å²) in [5, 5.41) is 18.3. The van der Waals surface area contributed by atoms with Crippen LogP contribution in [-0.4, -0.2) is 30.9 Å². The van der Waals surface area contributed by atoms with E-state index in [2.05, 4.69) is 31.0 Å². The summed E-state index contributed by atoms with van der Waals surface area (Å²) < 4.78 is 19.4. The Labute approximate surface area is 324 Å². The molecule has 1 N–H and O–H groups in total. The van der Waals surface area contributed by atoms with Gasteiger partial charge in [0.25, 0.3) is 0 Å². The lowest BCUT2D eigenvalue weighted by Gasteiger charge is -2.18. The third kappa shape index (κ3) is 22.7. The molecule has 0 aromatic heterocycles. The molecule has 0 bridgehead atoms. The second-order valence-electron chi connectivity index (χ2n) is 14.8. The fraction of sp³-hybridized carbons (Fsp3) is 0.717. The predicted molar refractivity (Wildman–Crippen MR) is 222 cm³/mol. The summed E-state index contributed by atoms with van der Waals surface area (Å²) >= 11 is 0. The molecule has 2 aromatic rings. The molecular formula is C46H76N2O5. The van der Waals surface area contributed by atoms with Gasteiger partial charge >= 0.3 is 5.97 Å². The molecule has 7 nitrogen and oxygen atoms in total. The van der Waals surface area contributed by atoms with Crippen molar-refractivity contribution in [3.63, 3.8) is 0 Å². The van der Waals surface area contributed by atoms with Crippen molar-refractivity contribution in [2.45, 2.75) is 194 Å². The molecule has 2 aromatic carbocycles. The van der Waals surface area contributed by atoms with Crippen molar-refractivity contribution in [2.75, 3.05) is 19.8 Å². The lowest BCUT2D eigenvalue weighted by atomic mass is 10.1. The van der Waals surface area contributed by atoms with Crippen molar-refractivity contribution >= 4 is 17.3 Å². The van der Waals surface area contributed by atoms with Crippen LogP contribution in [0, 0.1) is 0 Å². The van der Waals surface area contributed by atoms with Crippen LogP contribution >= 0.6 is 0 Å². The molecule has 0 fully saturated rings. The van der Waals surface area contributed by atoms with Crippen LogP contribution in [0.3, 0.4) is 0 Å². The van der Waals surface area contributed by atoms with Crippen molar-refractivity contribution in [3.8, 4) is 17.2 Å². The van der Waals surface area contributed by atoms with Gasteiger partial charge < -0.3 is 19.3 Å². The lowest BCUT2D eigenvalue weighted by molar-refractivity contribution is 0.0697. The average Bonchev–Trinajstić information content (AvgIpc) is 3.17. The highest BCUT2D eigenvalue weighted by Crippen LogP contribution is 2.45. The van der Waals surface area contributed by atoms with Crippen LogP contribution in [0.1, 0.15) is 204 Å². The van der Waals surface area contributed by atoms with Crippen molar-refractivity contribution in [2.24, 2.45) is 10.2 Å². The van der Waals surface area contributed by atoms with Crippen LogP contribution in [-0.2, 0) is 0 Å². The fourth-order valence-corrected chi connectivity index (χ4v) is 6.55. The number of hydrogen-bond donors (Lipinski definition) is 1. The minimum atomic E-state index is -0.965. The van der Waals surface area contributed by atoms with E-state index >= 15 is 0 Å². The van der Waals surface area contributed by atoms with E-state index in [9.17, 15) is 9.90 Å². The van der Waals surface area contributed by atoms with Crippen molar-refractivity contribution in [1.82, 2.24) is 0 Å². The maximum atomic E-state index is 11.3. The molecule has 0 aliphatic heterocycles. The van der Waals surface area contributed by atoms with Crippen molar-refractivity contribution in [3.05, 3.63) is 42.0 Å². The zero-order valence-corrected chi connectivity index (χ0v) is 34.2. The normalized spacial score (nSPS) is 11.4. The Balaban J connectivity index is 2.12. The molecule has 0 heterocycles. The number of carbonyl (C=O) groups is 1. The number of nitrogens with zero attached hydrogens (tertiary/aromatic N) is 2. The van der Waals surface area contributed by atoms with Crippen LogP contribution in [0.5, 0.6) is 17.2 Å². The van der Waals surface area contributed by atoms with Gasteiger partial charge in [-0.3, -0.25) is 0 Å². The van der Waals surface area contributed by atoms with E-state index in [1.54, 1.807) is 24.3 Å². The van der Waals surface area contributed by atoms with Gasteiger partial charge in [-0.25, -0.2) is 4.79 Å². The Hall–Kier alpha value is -3.09. The van der Waals surface area contributed by atoms with E-state index in [-0.39, 0.29) is 5.56 Å². The number of unbranched alkanes of at least 4 members (excludes halogenated alkanes) is 24. The molecule has 0 radical (unpaired) electrons. The SMILES string of the molecule is CCCCCCCCCCCOc1ccc(N=Nc2ccc(C(=O)O)cc2)c(OCCCCCCCCCCC)c1OCCCCCCCCCCC. The number of rotatable bonds is 36. The first kappa shape index (κ1) is 46.1. The Morgan fingerprint density at radius 3 is 1.25 bits per heavy atom. The topological polar surface area (TPSA) is 89.7 Å².